The number of nitrogens with one attached hydrogen (secondary N) is 1. The number of carbonyl (C=O) groups is 2. The summed E-state index contributed by atoms with van der Waals surface area (Å²) in [5.41, 5.74) is 2.90. The van der Waals surface area contributed by atoms with Gasteiger partial charge in [-0.05, 0) is 50.1 Å². The van der Waals surface area contributed by atoms with Crippen LogP contribution in [0.3, 0.4) is 0 Å². The molecule has 0 saturated carbocycles. The van der Waals surface area contributed by atoms with E-state index in [2.05, 4.69) is 5.32 Å². The van der Waals surface area contributed by atoms with Crippen molar-refractivity contribution in [2.45, 2.75) is 33.4 Å². The van der Waals surface area contributed by atoms with Crippen LogP contribution in [0.15, 0.2) is 36.4 Å². The zero-order valence-electron chi connectivity index (χ0n) is 16.1. The molecular weight excluding hydrogens is 362 g/mol. The number of hydrogen-bond acceptors (Lipinski definition) is 6. The van der Waals surface area contributed by atoms with E-state index in [0.29, 0.717) is 17.2 Å². The number of benzene rings is 2. The Balaban J connectivity index is 1.43. The first-order chi connectivity index (χ1) is 13.4. The first-order valence-corrected chi connectivity index (χ1v) is 8.98. The van der Waals surface area contributed by atoms with E-state index in [1.165, 1.54) is 6.92 Å². The SMILES string of the molecule is Cc1ccc(OCC(=O)O[C@@H](C)C(=O)NCc2ccc3c(c2)OCO3)c(C)c1. The van der Waals surface area contributed by atoms with Crippen LogP contribution < -0.4 is 19.5 Å². The first-order valence-electron chi connectivity index (χ1n) is 8.98. The lowest BCUT2D eigenvalue weighted by Crippen LogP contribution is -2.36. The second-order valence-electron chi connectivity index (χ2n) is 6.60. The predicted octanol–water partition coefficient (Wildman–Crippen LogP) is 2.66. The Kier molecular flexibility index (Phi) is 6.03. The van der Waals surface area contributed by atoms with Crippen molar-refractivity contribution in [2.75, 3.05) is 13.4 Å². The fourth-order valence-electron chi connectivity index (χ4n) is 2.77. The van der Waals surface area contributed by atoms with E-state index in [4.69, 9.17) is 18.9 Å². The monoisotopic (exact) mass is 385 g/mol. The number of hydrogen-bond donors (Lipinski definition) is 1. The highest BCUT2D eigenvalue weighted by Gasteiger charge is 2.19. The summed E-state index contributed by atoms with van der Waals surface area (Å²) in [4.78, 5) is 24.1. The van der Waals surface area contributed by atoms with Crippen LogP contribution in [-0.2, 0) is 20.9 Å². The van der Waals surface area contributed by atoms with Crippen LogP contribution in [0.5, 0.6) is 17.2 Å². The molecule has 1 amide bonds. The molecule has 0 fully saturated rings. The van der Waals surface area contributed by atoms with Gasteiger partial charge in [0.15, 0.2) is 24.2 Å². The average molecular weight is 385 g/mol. The lowest BCUT2D eigenvalue weighted by Gasteiger charge is -2.14. The normalized spacial score (nSPS) is 13.0. The molecule has 2 aromatic rings. The van der Waals surface area contributed by atoms with Crippen LogP contribution in [0, 0.1) is 13.8 Å². The minimum Gasteiger partial charge on any atom is -0.482 e. The van der Waals surface area contributed by atoms with Gasteiger partial charge in [-0.1, -0.05) is 23.8 Å². The molecule has 1 N–H and O–H groups in total. The highest BCUT2D eigenvalue weighted by atomic mass is 16.7. The highest BCUT2D eigenvalue weighted by Crippen LogP contribution is 2.32. The summed E-state index contributed by atoms with van der Waals surface area (Å²) in [6, 6.07) is 11.1. The van der Waals surface area contributed by atoms with Gasteiger partial charge >= 0.3 is 5.97 Å². The summed E-state index contributed by atoms with van der Waals surface area (Å²) in [7, 11) is 0. The van der Waals surface area contributed by atoms with Crippen LogP contribution in [-0.4, -0.2) is 31.4 Å². The van der Waals surface area contributed by atoms with Gasteiger partial charge in [0.1, 0.15) is 5.75 Å². The van der Waals surface area contributed by atoms with E-state index in [-0.39, 0.29) is 19.9 Å². The molecule has 2 aromatic carbocycles. The molecule has 0 aliphatic carbocycles. The Morgan fingerprint density at radius 2 is 1.89 bits per heavy atom. The lowest BCUT2D eigenvalue weighted by molar-refractivity contribution is -0.156. The van der Waals surface area contributed by atoms with Crippen molar-refractivity contribution in [1.82, 2.24) is 5.32 Å². The van der Waals surface area contributed by atoms with Crippen molar-refractivity contribution in [2.24, 2.45) is 0 Å². The molecule has 1 heterocycles. The van der Waals surface area contributed by atoms with Crippen LogP contribution in [0.25, 0.3) is 0 Å². The maximum absolute atomic E-state index is 12.2. The molecule has 0 bridgehead atoms. The van der Waals surface area contributed by atoms with Gasteiger partial charge in [0.25, 0.3) is 5.91 Å². The number of carbonyl (C=O) groups excluding carboxylic acids is 2. The Morgan fingerprint density at radius 3 is 2.68 bits per heavy atom. The number of fused-ring (bicyclic) bond motifs is 1. The van der Waals surface area contributed by atoms with Gasteiger partial charge in [-0.15, -0.1) is 0 Å². The molecular formula is C21H23NO6. The van der Waals surface area contributed by atoms with Gasteiger partial charge in [-0.2, -0.15) is 0 Å². The van der Waals surface area contributed by atoms with Crippen molar-refractivity contribution in [3.63, 3.8) is 0 Å². The van der Waals surface area contributed by atoms with Crippen molar-refractivity contribution in [3.8, 4) is 17.2 Å². The molecule has 0 aromatic heterocycles. The molecule has 0 unspecified atom stereocenters. The van der Waals surface area contributed by atoms with Gasteiger partial charge in [-0.25, -0.2) is 4.79 Å². The van der Waals surface area contributed by atoms with Crippen LogP contribution in [0.2, 0.25) is 0 Å². The van der Waals surface area contributed by atoms with E-state index >= 15 is 0 Å². The summed E-state index contributed by atoms with van der Waals surface area (Å²) in [5, 5.41) is 2.73. The van der Waals surface area contributed by atoms with E-state index in [1.54, 1.807) is 18.2 Å². The third kappa shape index (κ3) is 4.94. The molecule has 0 saturated heterocycles. The molecule has 1 aliphatic heterocycles. The van der Waals surface area contributed by atoms with Crippen molar-refractivity contribution < 1.29 is 28.5 Å². The maximum atomic E-state index is 12.2. The Bertz CT molecular complexity index is 879. The number of rotatable bonds is 7. The van der Waals surface area contributed by atoms with Gasteiger partial charge in [0.2, 0.25) is 6.79 Å². The average Bonchev–Trinajstić information content (AvgIpc) is 3.13. The lowest BCUT2D eigenvalue weighted by atomic mass is 10.1. The van der Waals surface area contributed by atoms with Gasteiger partial charge in [0, 0.05) is 6.54 Å². The van der Waals surface area contributed by atoms with Crippen molar-refractivity contribution in [3.05, 3.63) is 53.1 Å². The third-order valence-electron chi connectivity index (χ3n) is 4.26. The quantitative estimate of drug-likeness (QED) is 0.738. The second-order valence-corrected chi connectivity index (χ2v) is 6.60. The molecule has 7 heteroatoms. The summed E-state index contributed by atoms with van der Waals surface area (Å²) in [6.07, 6.45) is -0.927. The van der Waals surface area contributed by atoms with E-state index in [0.717, 1.165) is 16.7 Å². The molecule has 3 rings (SSSR count). The first kappa shape index (κ1) is 19.5. The number of ether oxygens (including phenoxy) is 4. The van der Waals surface area contributed by atoms with Crippen molar-refractivity contribution in [1.29, 1.82) is 0 Å². The Labute approximate surface area is 163 Å². The Morgan fingerprint density at radius 1 is 1.11 bits per heavy atom. The van der Waals surface area contributed by atoms with Crippen LogP contribution in [0.1, 0.15) is 23.6 Å². The highest BCUT2D eigenvalue weighted by molar-refractivity contribution is 5.83. The van der Waals surface area contributed by atoms with Crippen LogP contribution in [0.4, 0.5) is 0 Å². The standard InChI is InChI=1S/C21H23NO6/c1-13-4-6-17(14(2)8-13)25-11-20(23)28-15(3)21(24)22-10-16-5-7-18-19(9-16)27-12-26-18/h4-9,15H,10-12H2,1-3H3,(H,22,24)/t15-/m0/s1. The topological polar surface area (TPSA) is 83.1 Å². The molecule has 0 radical (unpaired) electrons. The number of esters is 1. The minimum atomic E-state index is -0.927. The predicted molar refractivity (Wildman–Crippen MR) is 101 cm³/mol. The van der Waals surface area contributed by atoms with Gasteiger partial charge < -0.3 is 24.3 Å². The van der Waals surface area contributed by atoms with Gasteiger partial charge in [-0.3, -0.25) is 4.79 Å². The second kappa shape index (κ2) is 8.65. The van der Waals surface area contributed by atoms with Crippen LogP contribution >= 0.6 is 0 Å². The molecule has 0 spiro atoms. The summed E-state index contributed by atoms with van der Waals surface area (Å²) < 4.78 is 21.2. The molecule has 148 valence electrons. The van der Waals surface area contributed by atoms with Crippen molar-refractivity contribution >= 4 is 11.9 Å². The Hall–Kier alpha value is -3.22. The molecule has 1 aliphatic rings. The molecule has 28 heavy (non-hydrogen) atoms. The molecule has 7 nitrogen and oxygen atoms in total. The molecule has 1 atom stereocenters. The number of amides is 1. The zero-order chi connectivity index (χ0) is 20.1. The van der Waals surface area contributed by atoms with E-state index in [9.17, 15) is 9.59 Å². The summed E-state index contributed by atoms with van der Waals surface area (Å²) >= 11 is 0. The fraction of sp³-hybridized carbons (Fsp3) is 0.333. The summed E-state index contributed by atoms with van der Waals surface area (Å²) in [5.74, 6) is 0.946. The third-order valence-corrected chi connectivity index (χ3v) is 4.26. The minimum absolute atomic E-state index is 0.197. The maximum Gasteiger partial charge on any atom is 0.344 e. The fourth-order valence-corrected chi connectivity index (χ4v) is 2.77. The van der Waals surface area contributed by atoms with Gasteiger partial charge in [0.05, 0.1) is 0 Å². The van der Waals surface area contributed by atoms with E-state index < -0.39 is 18.0 Å². The summed E-state index contributed by atoms with van der Waals surface area (Å²) in [6.45, 7) is 5.63. The zero-order valence-corrected chi connectivity index (χ0v) is 16.1. The number of aryl methyl sites for hydroxylation is 2. The van der Waals surface area contributed by atoms with E-state index in [1.807, 2.05) is 32.0 Å². The largest absolute Gasteiger partial charge is 0.482 e. The smallest absolute Gasteiger partial charge is 0.344 e.